The number of nitrogens with one attached hydrogen (secondary N) is 2. The van der Waals surface area contributed by atoms with E-state index >= 15 is 0 Å². The summed E-state index contributed by atoms with van der Waals surface area (Å²) in [6.45, 7) is 1.58. The molecule has 2 N–H and O–H groups in total. The van der Waals surface area contributed by atoms with E-state index in [0.29, 0.717) is 12.1 Å². The highest BCUT2D eigenvalue weighted by Gasteiger charge is 2.14. The molecule has 0 amide bonds. The van der Waals surface area contributed by atoms with Crippen LogP contribution in [0.4, 0.5) is 4.39 Å². The molecule has 0 aliphatic heterocycles. The summed E-state index contributed by atoms with van der Waals surface area (Å²) in [5, 5.41) is 12.8. The Kier molecular flexibility index (Phi) is 5.72. The van der Waals surface area contributed by atoms with E-state index < -0.39 is 0 Å². The summed E-state index contributed by atoms with van der Waals surface area (Å²) >= 11 is 0. The molecule has 7 heteroatoms. The molecule has 2 aromatic heterocycles. The van der Waals surface area contributed by atoms with E-state index in [0.717, 1.165) is 46.8 Å². The van der Waals surface area contributed by atoms with Gasteiger partial charge in [0.25, 0.3) is 0 Å². The Bertz CT molecular complexity index is 1290. The molecule has 0 aliphatic carbocycles. The highest BCUT2D eigenvalue weighted by Crippen LogP contribution is 2.20. The van der Waals surface area contributed by atoms with Gasteiger partial charge < -0.3 is 10.3 Å². The molecule has 0 spiro atoms. The summed E-state index contributed by atoms with van der Waals surface area (Å²) in [5.41, 5.74) is 5.21. The first-order valence-corrected chi connectivity index (χ1v) is 10.6. The van der Waals surface area contributed by atoms with Crippen molar-refractivity contribution in [1.29, 1.82) is 0 Å². The van der Waals surface area contributed by atoms with Crippen LogP contribution in [-0.4, -0.2) is 31.5 Å². The lowest BCUT2D eigenvalue weighted by atomic mass is 10.1. The summed E-state index contributed by atoms with van der Waals surface area (Å²) in [6.07, 6.45) is 0.777. The van der Waals surface area contributed by atoms with Gasteiger partial charge in [0.2, 0.25) is 0 Å². The number of rotatable bonds is 8. The van der Waals surface area contributed by atoms with E-state index in [1.165, 1.54) is 6.07 Å². The summed E-state index contributed by atoms with van der Waals surface area (Å²) in [7, 11) is 0. The largest absolute Gasteiger partial charge is 0.342 e. The molecule has 0 bridgehead atoms. The molecule has 0 fully saturated rings. The van der Waals surface area contributed by atoms with Gasteiger partial charge in [0.1, 0.15) is 23.0 Å². The number of halogens is 1. The molecule has 5 aromatic rings. The minimum Gasteiger partial charge on any atom is -0.342 e. The molecule has 2 heterocycles. The van der Waals surface area contributed by atoms with Gasteiger partial charge in [0.05, 0.1) is 17.6 Å². The van der Waals surface area contributed by atoms with Gasteiger partial charge in [-0.2, -0.15) is 15.0 Å². The van der Waals surface area contributed by atoms with E-state index in [2.05, 4.69) is 25.5 Å². The van der Waals surface area contributed by atoms with Gasteiger partial charge in [-0.3, -0.25) is 0 Å². The SMILES string of the molecule is Fc1ccccc1Cn1nc(CNCCc2nc3ccccc3[nH]2)c(-c2ccccc2)n1. The second-order valence-electron chi connectivity index (χ2n) is 7.61. The average molecular weight is 426 g/mol. The molecule has 0 unspecified atom stereocenters. The molecule has 0 radical (unpaired) electrons. The highest BCUT2D eigenvalue weighted by atomic mass is 19.1. The number of para-hydroxylation sites is 2. The first-order chi connectivity index (χ1) is 15.8. The lowest BCUT2D eigenvalue weighted by Crippen LogP contribution is -2.18. The van der Waals surface area contributed by atoms with Crippen LogP contribution in [0.25, 0.3) is 22.3 Å². The summed E-state index contributed by atoms with van der Waals surface area (Å²) in [4.78, 5) is 9.53. The van der Waals surface area contributed by atoms with Crippen LogP contribution in [0.3, 0.4) is 0 Å². The van der Waals surface area contributed by atoms with E-state index in [1.54, 1.807) is 16.9 Å². The first-order valence-electron chi connectivity index (χ1n) is 10.6. The maximum absolute atomic E-state index is 14.1. The fourth-order valence-electron chi connectivity index (χ4n) is 3.71. The minimum absolute atomic E-state index is 0.253. The van der Waals surface area contributed by atoms with Crippen molar-refractivity contribution in [3.8, 4) is 11.3 Å². The van der Waals surface area contributed by atoms with Gasteiger partial charge in [-0.25, -0.2) is 9.37 Å². The summed E-state index contributed by atoms with van der Waals surface area (Å²) < 4.78 is 14.1. The van der Waals surface area contributed by atoms with Crippen LogP contribution in [-0.2, 0) is 19.5 Å². The van der Waals surface area contributed by atoms with Gasteiger partial charge in [-0.1, -0.05) is 60.7 Å². The van der Waals surface area contributed by atoms with Crippen LogP contribution in [0.2, 0.25) is 0 Å². The van der Waals surface area contributed by atoms with Crippen molar-refractivity contribution < 1.29 is 4.39 Å². The number of hydrogen-bond acceptors (Lipinski definition) is 4. The normalized spacial score (nSPS) is 11.3. The highest BCUT2D eigenvalue weighted by molar-refractivity contribution is 5.74. The van der Waals surface area contributed by atoms with E-state index in [-0.39, 0.29) is 12.4 Å². The molecular weight excluding hydrogens is 403 g/mol. The Labute approximate surface area is 185 Å². The number of nitrogens with zero attached hydrogens (tertiary/aromatic N) is 4. The fraction of sp³-hybridized carbons (Fsp3) is 0.160. The second kappa shape index (κ2) is 9.11. The smallest absolute Gasteiger partial charge is 0.128 e. The predicted octanol–water partition coefficient (Wildman–Crippen LogP) is 4.34. The molecule has 6 nitrogen and oxygen atoms in total. The number of H-pyrrole nitrogens is 1. The van der Waals surface area contributed by atoms with Gasteiger partial charge in [0, 0.05) is 30.6 Å². The van der Waals surface area contributed by atoms with Crippen molar-refractivity contribution in [3.05, 3.63) is 102 Å². The van der Waals surface area contributed by atoms with Gasteiger partial charge in [-0.15, -0.1) is 0 Å². The average Bonchev–Trinajstić information content (AvgIpc) is 3.42. The molecular formula is C25H23FN6. The number of imidazole rings is 1. The number of hydrogen-bond donors (Lipinski definition) is 2. The molecule has 0 saturated carbocycles. The summed E-state index contributed by atoms with van der Waals surface area (Å²) in [6, 6.07) is 24.7. The van der Waals surface area contributed by atoms with E-state index in [9.17, 15) is 4.39 Å². The third-order valence-corrected chi connectivity index (χ3v) is 5.31. The molecule has 0 aliphatic rings. The van der Waals surface area contributed by atoms with Crippen molar-refractivity contribution in [2.45, 2.75) is 19.5 Å². The number of aromatic amines is 1. The Morgan fingerprint density at radius 1 is 0.875 bits per heavy atom. The Hall–Kier alpha value is -3.84. The van der Waals surface area contributed by atoms with Crippen LogP contribution in [0.15, 0.2) is 78.9 Å². The monoisotopic (exact) mass is 426 g/mol. The molecule has 5 rings (SSSR count). The van der Waals surface area contributed by atoms with Crippen molar-refractivity contribution in [2.24, 2.45) is 0 Å². The van der Waals surface area contributed by atoms with Crippen LogP contribution in [0.1, 0.15) is 17.1 Å². The fourth-order valence-corrected chi connectivity index (χ4v) is 3.71. The zero-order valence-electron chi connectivity index (χ0n) is 17.5. The third-order valence-electron chi connectivity index (χ3n) is 5.31. The van der Waals surface area contributed by atoms with E-state index in [4.69, 9.17) is 0 Å². The number of benzene rings is 3. The van der Waals surface area contributed by atoms with Crippen molar-refractivity contribution >= 4 is 11.0 Å². The van der Waals surface area contributed by atoms with E-state index in [1.807, 2.05) is 60.7 Å². The lowest BCUT2D eigenvalue weighted by Gasteiger charge is -2.03. The topological polar surface area (TPSA) is 71.4 Å². The maximum Gasteiger partial charge on any atom is 0.128 e. The minimum atomic E-state index is -0.253. The van der Waals surface area contributed by atoms with Crippen molar-refractivity contribution in [3.63, 3.8) is 0 Å². The Morgan fingerprint density at radius 2 is 1.66 bits per heavy atom. The molecule has 0 atom stereocenters. The van der Waals surface area contributed by atoms with Crippen LogP contribution in [0.5, 0.6) is 0 Å². The zero-order valence-corrected chi connectivity index (χ0v) is 17.5. The van der Waals surface area contributed by atoms with Gasteiger partial charge in [0.15, 0.2) is 0 Å². The number of fused-ring (bicyclic) bond motifs is 1. The van der Waals surface area contributed by atoms with Crippen LogP contribution >= 0.6 is 0 Å². The molecule has 0 saturated heterocycles. The van der Waals surface area contributed by atoms with Crippen molar-refractivity contribution in [1.82, 2.24) is 30.3 Å². The standard InChI is InChI=1S/C25H23FN6/c26-20-11-5-4-10-19(20)17-32-30-23(25(31-32)18-8-2-1-3-9-18)16-27-15-14-24-28-21-12-6-7-13-22(21)29-24/h1-13,27H,14-17H2,(H,28,29). The molecule has 160 valence electrons. The Morgan fingerprint density at radius 3 is 2.50 bits per heavy atom. The quantitative estimate of drug-likeness (QED) is 0.362. The third kappa shape index (κ3) is 4.43. The maximum atomic E-state index is 14.1. The Balaban J connectivity index is 1.30. The first kappa shape index (κ1) is 20.1. The lowest BCUT2D eigenvalue weighted by molar-refractivity contribution is 0.543. The second-order valence-corrected chi connectivity index (χ2v) is 7.61. The van der Waals surface area contributed by atoms with Crippen LogP contribution < -0.4 is 5.32 Å². The summed E-state index contributed by atoms with van der Waals surface area (Å²) in [5.74, 6) is 0.696. The van der Waals surface area contributed by atoms with Gasteiger partial charge >= 0.3 is 0 Å². The molecule has 32 heavy (non-hydrogen) atoms. The predicted molar refractivity (Wildman–Crippen MR) is 122 cm³/mol. The molecule has 3 aromatic carbocycles. The van der Waals surface area contributed by atoms with Crippen LogP contribution in [0, 0.1) is 5.82 Å². The number of aromatic nitrogens is 5. The van der Waals surface area contributed by atoms with Crippen molar-refractivity contribution in [2.75, 3.05) is 6.54 Å². The zero-order chi connectivity index (χ0) is 21.8. The van der Waals surface area contributed by atoms with Gasteiger partial charge in [-0.05, 0) is 18.2 Å².